The third-order valence-corrected chi connectivity index (χ3v) is 5.72. The van der Waals surface area contributed by atoms with Gasteiger partial charge in [-0.3, -0.25) is 14.6 Å². The predicted octanol–water partition coefficient (Wildman–Crippen LogP) is 1.49. The summed E-state index contributed by atoms with van der Waals surface area (Å²) in [6.07, 6.45) is 4.21. The second-order valence-corrected chi connectivity index (χ2v) is 7.58. The number of rotatable bonds is 5. The number of hydrogen-bond donors (Lipinski definition) is 1. The van der Waals surface area contributed by atoms with Crippen LogP contribution in [0.3, 0.4) is 0 Å². The third-order valence-electron chi connectivity index (χ3n) is 5.72. The Labute approximate surface area is 146 Å². The molecule has 3 heterocycles. The van der Waals surface area contributed by atoms with E-state index < -0.39 is 5.54 Å². The molecule has 1 aromatic heterocycles. The largest absolute Gasteiger partial charge is 0.338 e. The van der Waals surface area contributed by atoms with Crippen molar-refractivity contribution in [3.8, 4) is 0 Å². The van der Waals surface area contributed by atoms with E-state index in [2.05, 4.69) is 20.4 Å². The number of hydrogen-bond acceptors (Lipinski definition) is 6. The van der Waals surface area contributed by atoms with Gasteiger partial charge in [-0.25, -0.2) is 4.79 Å². The monoisotopic (exact) mass is 347 g/mol. The summed E-state index contributed by atoms with van der Waals surface area (Å²) in [6.45, 7) is 6.36. The second kappa shape index (κ2) is 6.09. The number of likely N-dealkylation sites (tertiary alicyclic amines) is 1. The molecule has 0 aromatic carbocycles. The van der Waals surface area contributed by atoms with Crippen molar-refractivity contribution >= 4 is 11.9 Å². The summed E-state index contributed by atoms with van der Waals surface area (Å²) < 4.78 is 5.38. The number of likely N-dealkylation sites (N-methyl/N-ethyl adjacent to an activating group) is 1. The lowest BCUT2D eigenvalue weighted by Gasteiger charge is -2.39. The number of carbonyl (C=O) groups is 2. The Kier molecular flexibility index (Phi) is 4.02. The molecular formula is C17H25N5O3. The number of piperidine rings is 1. The van der Waals surface area contributed by atoms with Gasteiger partial charge in [0.05, 0.1) is 6.54 Å². The molecule has 8 nitrogen and oxygen atoms in total. The molecule has 1 aromatic rings. The average Bonchev–Trinajstić information content (AvgIpc) is 3.30. The van der Waals surface area contributed by atoms with Gasteiger partial charge in [0.15, 0.2) is 5.82 Å². The van der Waals surface area contributed by atoms with E-state index in [1.165, 1.54) is 4.90 Å². The Balaban J connectivity index is 1.43. The van der Waals surface area contributed by atoms with Crippen molar-refractivity contribution in [2.45, 2.75) is 57.5 Å². The molecule has 2 saturated heterocycles. The molecule has 1 N–H and O–H groups in total. The lowest BCUT2D eigenvalue weighted by molar-refractivity contribution is -0.133. The van der Waals surface area contributed by atoms with Gasteiger partial charge in [0.25, 0.3) is 5.91 Å². The Hall–Kier alpha value is -1.96. The first-order valence-electron chi connectivity index (χ1n) is 9.20. The van der Waals surface area contributed by atoms with Crippen LogP contribution >= 0.6 is 0 Å². The van der Waals surface area contributed by atoms with E-state index >= 15 is 0 Å². The summed E-state index contributed by atoms with van der Waals surface area (Å²) in [7, 11) is 0. The van der Waals surface area contributed by atoms with Crippen molar-refractivity contribution in [3.05, 3.63) is 11.7 Å². The van der Waals surface area contributed by atoms with E-state index in [1.54, 1.807) is 0 Å². The number of imide groups is 1. The SMILES string of the molecule is CCN1C(=O)N[C@@](C)([C@@H]2CCCN(Cc3nc(C4CC4)no3)C2)C1=O. The molecule has 8 heteroatoms. The molecule has 2 atom stereocenters. The van der Waals surface area contributed by atoms with Crippen LogP contribution in [-0.4, -0.2) is 57.1 Å². The maximum atomic E-state index is 12.7. The molecule has 136 valence electrons. The summed E-state index contributed by atoms with van der Waals surface area (Å²) in [5.74, 6) is 1.93. The highest BCUT2D eigenvalue weighted by Gasteiger charge is 2.52. The van der Waals surface area contributed by atoms with Crippen LogP contribution in [0.5, 0.6) is 0 Å². The van der Waals surface area contributed by atoms with E-state index in [0.717, 1.165) is 44.6 Å². The molecule has 25 heavy (non-hydrogen) atoms. The molecule has 0 spiro atoms. The minimum Gasteiger partial charge on any atom is -0.338 e. The van der Waals surface area contributed by atoms with Crippen LogP contribution in [-0.2, 0) is 11.3 Å². The molecule has 0 unspecified atom stereocenters. The van der Waals surface area contributed by atoms with Gasteiger partial charge in [0.1, 0.15) is 5.54 Å². The molecule has 3 fully saturated rings. The summed E-state index contributed by atoms with van der Waals surface area (Å²) >= 11 is 0. The fourth-order valence-corrected chi connectivity index (χ4v) is 3.98. The van der Waals surface area contributed by atoms with Gasteiger partial charge < -0.3 is 9.84 Å². The molecule has 0 bridgehead atoms. The van der Waals surface area contributed by atoms with Crippen LogP contribution in [0.25, 0.3) is 0 Å². The number of nitrogens with zero attached hydrogens (tertiary/aromatic N) is 4. The standard InChI is InChI=1S/C17H25N5O3/c1-3-22-15(23)17(2,19-16(22)24)12-5-4-8-21(9-12)10-13-18-14(20-25-13)11-6-7-11/h11-12H,3-10H2,1-2H3,(H,19,24)/t12-,17+/m1/s1. The molecule has 3 amide bonds. The first-order chi connectivity index (χ1) is 12.0. The highest BCUT2D eigenvalue weighted by molar-refractivity contribution is 6.07. The number of amides is 3. The fourth-order valence-electron chi connectivity index (χ4n) is 3.98. The summed E-state index contributed by atoms with van der Waals surface area (Å²) in [5, 5.41) is 6.99. The van der Waals surface area contributed by atoms with E-state index in [0.29, 0.717) is 24.9 Å². The fraction of sp³-hybridized carbons (Fsp3) is 0.765. The quantitative estimate of drug-likeness (QED) is 0.812. The molecule has 4 rings (SSSR count). The number of aromatic nitrogens is 2. The zero-order chi connectivity index (χ0) is 17.6. The zero-order valence-corrected chi connectivity index (χ0v) is 14.8. The Morgan fingerprint density at radius 2 is 2.12 bits per heavy atom. The van der Waals surface area contributed by atoms with Gasteiger partial charge in [-0.2, -0.15) is 4.98 Å². The molecule has 3 aliphatic rings. The van der Waals surface area contributed by atoms with Crippen molar-refractivity contribution < 1.29 is 14.1 Å². The van der Waals surface area contributed by atoms with E-state index in [1.807, 2.05) is 13.8 Å². The Bertz CT molecular complexity index is 686. The van der Waals surface area contributed by atoms with E-state index in [9.17, 15) is 9.59 Å². The van der Waals surface area contributed by atoms with Crippen LogP contribution in [0.2, 0.25) is 0 Å². The minimum absolute atomic E-state index is 0.0834. The lowest BCUT2D eigenvalue weighted by Crippen LogP contribution is -2.55. The third kappa shape index (κ3) is 2.92. The highest BCUT2D eigenvalue weighted by atomic mass is 16.5. The van der Waals surface area contributed by atoms with E-state index in [4.69, 9.17) is 4.52 Å². The van der Waals surface area contributed by atoms with Crippen molar-refractivity contribution in [1.29, 1.82) is 0 Å². The van der Waals surface area contributed by atoms with Crippen LogP contribution in [0.15, 0.2) is 4.52 Å². The number of urea groups is 1. The molecule has 2 aliphatic heterocycles. The summed E-state index contributed by atoms with van der Waals surface area (Å²) in [4.78, 5) is 32.8. The number of carbonyl (C=O) groups excluding carboxylic acids is 2. The number of nitrogens with one attached hydrogen (secondary N) is 1. The normalized spacial score (nSPS) is 30.8. The van der Waals surface area contributed by atoms with Gasteiger partial charge in [-0.05, 0) is 46.1 Å². The van der Waals surface area contributed by atoms with Gasteiger partial charge in [-0.1, -0.05) is 5.16 Å². The van der Waals surface area contributed by atoms with Gasteiger partial charge in [-0.15, -0.1) is 0 Å². The Morgan fingerprint density at radius 3 is 2.80 bits per heavy atom. The summed E-state index contributed by atoms with van der Waals surface area (Å²) in [5.41, 5.74) is -0.820. The van der Waals surface area contributed by atoms with Gasteiger partial charge >= 0.3 is 6.03 Å². The molecule has 0 radical (unpaired) electrons. The van der Waals surface area contributed by atoms with Crippen LogP contribution in [0.1, 0.15) is 57.2 Å². The predicted molar refractivity (Wildman–Crippen MR) is 88.6 cm³/mol. The maximum Gasteiger partial charge on any atom is 0.325 e. The van der Waals surface area contributed by atoms with E-state index in [-0.39, 0.29) is 17.9 Å². The molecular weight excluding hydrogens is 322 g/mol. The van der Waals surface area contributed by atoms with Crippen LogP contribution in [0.4, 0.5) is 4.79 Å². The zero-order valence-electron chi connectivity index (χ0n) is 14.8. The molecule has 1 saturated carbocycles. The van der Waals surface area contributed by atoms with Crippen LogP contribution < -0.4 is 5.32 Å². The first kappa shape index (κ1) is 16.5. The first-order valence-corrected chi connectivity index (χ1v) is 9.20. The minimum atomic E-state index is -0.820. The van der Waals surface area contributed by atoms with Crippen molar-refractivity contribution in [3.63, 3.8) is 0 Å². The van der Waals surface area contributed by atoms with Crippen molar-refractivity contribution in [2.24, 2.45) is 5.92 Å². The molecule has 1 aliphatic carbocycles. The van der Waals surface area contributed by atoms with Crippen molar-refractivity contribution in [1.82, 2.24) is 25.3 Å². The van der Waals surface area contributed by atoms with Gasteiger partial charge in [0, 0.05) is 24.9 Å². The van der Waals surface area contributed by atoms with Crippen molar-refractivity contribution in [2.75, 3.05) is 19.6 Å². The lowest BCUT2D eigenvalue weighted by atomic mass is 9.80. The Morgan fingerprint density at radius 1 is 1.32 bits per heavy atom. The topological polar surface area (TPSA) is 91.6 Å². The average molecular weight is 347 g/mol. The highest BCUT2D eigenvalue weighted by Crippen LogP contribution is 2.38. The smallest absolute Gasteiger partial charge is 0.325 e. The summed E-state index contributed by atoms with van der Waals surface area (Å²) in [6, 6.07) is -0.280. The van der Waals surface area contributed by atoms with Crippen LogP contribution in [0, 0.1) is 5.92 Å². The maximum absolute atomic E-state index is 12.7. The van der Waals surface area contributed by atoms with Gasteiger partial charge in [0.2, 0.25) is 5.89 Å². The second-order valence-electron chi connectivity index (χ2n) is 7.58.